The predicted molar refractivity (Wildman–Crippen MR) is 93.1 cm³/mol. The zero-order chi connectivity index (χ0) is 17.5. The Labute approximate surface area is 144 Å². The zero-order valence-corrected chi connectivity index (χ0v) is 14.6. The maximum Gasteiger partial charge on any atom is 0.441 e. The molecule has 24 heavy (non-hydrogen) atoms. The summed E-state index contributed by atoms with van der Waals surface area (Å²) in [4.78, 5) is 27.6. The fourth-order valence-electron chi connectivity index (χ4n) is 2.31. The lowest BCUT2D eigenvalue weighted by Crippen LogP contribution is -2.27. The summed E-state index contributed by atoms with van der Waals surface area (Å²) in [6.45, 7) is 2.35. The van der Waals surface area contributed by atoms with Gasteiger partial charge in [0.25, 0.3) is 0 Å². The molecule has 1 rings (SSSR count). The summed E-state index contributed by atoms with van der Waals surface area (Å²) in [6.07, 6.45) is 8.85. The third kappa shape index (κ3) is 10.6. The second-order valence-electron chi connectivity index (χ2n) is 5.86. The topological polar surface area (TPSA) is 64.6 Å². The number of unbranched alkanes of at least 4 members (excludes halogenated alkanes) is 7. The number of hydrogen-bond acceptors (Lipinski definition) is 4. The molecule has 0 fully saturated rings. The van der Waals surface area contributed by atoms with Crippen LogP contribution in [0.3, 0.4) is 0 Å². The molecular weight excluding hydrogens is 306 g/mol. The van der Waals surface area contributed by atoms with Gasteiger partial charge in [-0.05, 0) is 12.0 Å². The van der Waals surface area contributed by atoms with Gasteiger partial charge in [-0.1, -0.05) is 82.2 Å². The second-order valence-corrected chi connectivity index (χ2v) is 5.86. The minimum Gasteiger partial charge on any atom is -0.443 e. The maximum absolute atomic E-state index is 11.5. The first-order chi connectivity index (χ1) is 11.7. The van der Waals surface area contributed by atoms with Crippen LogP contribution in [-0.2, 0) is 21.0 Å². The number of carbonyl (C=O) groups is 2. The number of rotatable bonds is 11. The summed E-state index contributed by atoms with van der Waals surface area (Å²) >= 11 is 0. The molecule has 1 aromatic rings. The van der Waals surface area contributed by atoms with Crippen LogP contribution >= 0.6 is 0 Å². The molecule has 0 heterocycles. The Bertz CT molecular complexity index is 462. The smallest absolute Gasteiger partial charge is 0.441 e. The highest BCUT2D eigenvalue weighted by Gasteiger charge is 2.07. The highest BCUT2D eigenvalue weighted by Crippen LogP contribution is 2.09. The van der Waals surface area contributed by atoms with E-state index >= 15 is 0 Å². The van der Waals surface area contributed by atoms with E-state index in [0.29, 0.717) is 6.42 Å². The van der Waals surface area contributed by atoms with Gasteiger partial charge in [0.2, 0.25) is 0 Å². The van der Waals surface area contributed by atoms with Crippen molar-refractivity contribution in [2.24, 2.45) is 0 Å². The van der Waals surface area contributed by atoms with Crippen LogP contribution in [0.5, 0.6) is 0 Å². The van der Waals surface area contributed by atoms with Crippen LogP contribution in [0.4, 0.5) is 4.79 Å². The number of amides is 1. The molecule has 1 N–H and O–H groups in total. The number of nitrogens with one attached hydrogen (secondary N) is 1. The molecule has 0 spiro atoms. The Kier molecular flexibility index (Phi) is 11.2. The summed E-state index contributed by atoms with van der Waals surface area (Å²) in [5.74, 6) is -0.433. The number of hydroxylamine groups is 1. The first-order valence-corrected chi connectivity index (χ1v) is 8.88. The molecule has 0 bridgehead atoms. The Hall–Kier alpha value is -2.04. The lowest BCUT2D eigenvalue weighted by Gasteiger charge is -2.07. The highest BCUT2D eigenvalue weighted by atomic mass is 16.7. The number of benzene rings is 1. The molecular formula is C19H29NO4. The van der Waals surface area contributed by atoms with Crippen LogP contribution < -0.4 is 5.48 Å². The highest BCUT2D eigenvalue weighted by molar-refractivity contribution is 5.73. The molecule has 0 atom stereocenters. The molecule has 134 valence electrons. The molecule has 1 amide bonds. The zero-order valence-electron chi connectivity index (χ0n) is 14.6. The minimum atomic E-state index is -0.761. The second kappa shape index (κ2) is 13.4. The summed E-state index contributed by atoms with van der Waals surface area (Å²) in [7, 11) is 0. The van der Waals surface area contributed by atoms with Crippen LogP contribution in [0.25, 0.3) is 0 Å². The Morgan fingerprint density at radius 3 is 2.21 bits per heavy atom. The SMILES string of the molecule is CCCCCCCCCCC(=O)ONC(=O)OCc1ccccc1. The van der Waals surface area contributed by atoms with E-state index in [1.165, 1.54) is 32.1 Å². The Balaban J connectivity index is 1.96. The van der Waals surface area contributed by atoms with Crippen LogP contribution in [0.2, 0.25) is 0 Å². The van der Waals surface area contributed by atoms with Crippen molar-refractivity contribution in [3.05, 3.63) is 35.9 Å². The maximum atomic E-state index is 11.5. The molecule has 5 heteroatoms. The van der Waals surface area contributed by atoms with Crippen molar-refractivity contribution in [2.75, 3.05) is 0 Å². The van der Waals surface area contributed by atoms with E-state index in [2.05, 4.69) is 11.8 Å². The van der Waals surface area contributed by atoms with Gasteiger partial charge in [0.05, 0.1) is 0 Å². The minimum absolute atomic E-state index is 0.141. The van der Waals surface area contributed by atoms with Gasteiger partial charge in [-0.3, -0.25) is 0 Å². The van der Waals surface area contributed by atoms with Gasteiger partial charge < -0.3 is 9.57 Å². The summed E-state index contributed by atoms with van der Waals surface area (Å²) in [5, 5.41) is 0. The van der Waals surface area contributed by atoms with E-state index in [1.807, 2.05) is 35.8 Å². The molecule has 0 unspecified atom stereocenters. The molecule has 0 saturated heterocycles. The summed E-state index contributed by atoms with van der Waals surface area (Å²) in [5.41, 5.74) is 2.89. The molecule has 5 nitrogen and oxygen atoms in total. The molecule has 0 aliphatic heterocycles. The Morgan fingerprint density at radius 2 is 1.54 bits per heavy atom. The molecule has 0 aliphatic rings. The van der Waals surface area contributed by atoms with E-state index in [0.717, 1.165) is 24.8 Å². The van der Waals surface area contributed by atoms with Gasteiger partial charge in [-0.15, -0.1) is 5.48 Å². The predicted octanol–water partition coefficient (Wildman–Crippen LogP) is 4.90. The van der Waals surface area contributed by atoms with Gasteiger partial charge in [0, 0.05) is 6.42 Å². The van der Waals surface area contributed by atoms with Crippen LogP contribution in [0.1, 0.15) is 70.3 Å². The van der Waals surface area contributed by atoms with Crippen molar-refractivity contribution >= 4 is 12.1 Å². The van der Waals surface area contributed by atoms with Crippen LogP contribution in [0.15, 0.2) is 30.3 Å². The van der Waals surface area contributed by atoms with E-state index in [4.69, 9.17) is 4.74 Å². The third-order valence-corrected chi connectivity index (χ3v) is 3.70. The normalized spacial score (nSPS) is 10.2. The molecule has 0 aromatic heterocycles. The number of hydrogen-bond donors (Lipinski definition) is 1. The lowest BCUT2D eigenvalue weighted by atomic mass is 10.1. The van der Waals surface area contributed by atoms with Crippen molar-refractivity contribution in [1.82, 2.24) is 5.48 Å². The lowest BCUT2D eigenvalue weighted by molar-refractivity contribution is -0.150. The van der Waals surface area contributed by atoms with Gasteiger partial charge in [-0.2, -0.15) is 0 Å². The number of ether oxygens (including phenoxy) is 1. The van der Waals surface area contributed by atoms with Crippen LogP contribution in [-0.4, -0.2) is 12.1 Å². The molecule has 0 aliphatic carbocycles. The Morgan fingerprint density at radius 1 is 0.917 bits per heavy atom. The van der Waals surface area contributed by atoms with E-state index < -0.39 is 12.1 Å². The van der Waals surface area contributed by atoms with Gasteiger partial charge in [-0.25, -0.2) is 9.59 Å². The average Bonchev–Trinajstić information content (AvgIpc) is 2.61. The fraction of sp³-hybridized carbons (Fsp3) is 0.579. The first kappa shape index (κ1) is 20.0. The van der Waals surface area contributed by atoms with Gasteiger partial charge in [0.15, 0.2) is 0 Å². The van der Waals surface area contributed by atoms with E-state index in [-0.39, 0.29) is 6.61 Å². The van der Waals surface area contributed by atoms with Crippen molar-refractivity contribution in [2.45, 2.75) is 71.3 Å². The van der Waals surface area contributed by atoms with Gasteiger partial charge >= 0.3 is 12.1 Å². The molecule has 1 aromatic carbocycles. The van der Waals surface area contributed by atoms with Crippen molar-refractivity contribution in [3.8, 4) is 0 Å². The first-order valence-electron chi connectivity index (χ1n) is 8.88. The average molecular weight is 335 g/mol. The van der Waals surface area contributed by atoms with E-state index in [1.54, 1.807) is 0 Å². The van der Waals surface area contributed by atoms with Crippen molar-refractivity contribution < 1.29 is 19.2 Å². The molecule has 0 radical (unpaired) electrons. The monoisotopic (exact) mass is 335 g/mol. The standard InChI is InChI=1S/C19H29NO4/c1-2-3-4-5-6-7-8-12-15-18(21)24-20-19(22)23-16-17-13-10-9-11-14-17/h9-11,13-14H,2-8,12,15-16H2,1H3,(H,20,22). The number of carbonyl (C=O) groups excluding carboxylic acids is 2. The largest absolute Gasteiger partial charge is 0.443 e. The van der Waals surface area contributed by atoms with Crippen molar-refractivity contribution in [3.63, 3.8) is 0 Å². The quantitative estimate of drug-likeness (QED) is 0.461. The summed E-state index contributed by atoms with van der Waals surface area (Å²) < 4.78 is 4.94. The van der Waals surface area contributed by atoms with Crippen molar-refractivity contribution in [1.29, 1.82) is 0 Å². The van der Waals surface area contributed by atoms with E-state index in [9.17, 15) is 9.59 Å². The molecule has 0 saturated carbocycles. The third-order valence-electron chi connectivity index (χ3n) is 3.70. The fourth-order valence-corrected chi connectivity index (χ4v) is 2.31. The van der Waals surface area contributed by atoms with Crippen LogP contribution in [0, 0.1) is 0 Å². The summed E-state index contributed by atoms with van der Waals surface area (Å²) in [6, 6.07) is 9.31. The van der Waals surface area contributed by atoms with Gasteiger partial charge in [0.1, 0.15) is 6.61 Å².